The van der Waals surface area contributed by atoms with Gasteiger partial charge in [0, 0.05) is 11.3 Å². The van der Waals surface area contributed by atoms with Gasteiger partial charge in [-0.15, -0.1) is 0 Å². The summed E-state index contributed by atoms with van der Waals surface area (Å²) < 4.78 is 0. The molecule has 0 rings (SSSR count). The van der Waals surface area contributed by atoms with Crippen molar-refractivity contribution < 1.29 is 9.72 Å². The fraction of sp³-hybridized carbons (Fsp3) is 0.938. The Morgan fingerprint density at radius 2 is 1.25 bits per heavy atom. The van der Waals surface area contributed by atoms with Crippen LogP contribution in [0.1, 0.15) is 90.4 Å². The Hall–Kier alpha value is -0.930. The molecule has 1 unspecified atom stereocenters. The Morgan fingerprint density at radius 1 is 0.850 bits per heavy atom. The zero-order valence-electron chi connectivity index (χ0n) is 12.9. The SMILES string of the molecule is CCCCCCCCCCCCCCC([C]=O)[N+](=O)[O-]. The third-order valence-electron chi connectivity index (χ3n) is 3.72. The van der Waals surface area contributed by atoms with Crippen LogP contribution in [0.2, 0.25) is 0 Å². The molecule has 0 aliphatic heterocycles. The lowest BCUT2D eigenvalue weighted by molar-refractivity contribution is -0.503. The van der Waals surface area contributed by atoms with Crippen LogP contribution in [0.5, 0.6) is 0 Å². The van der Waals surface area contributed by atoms with Crippen molar-refractivity contribution in [2.75, 3.05) is 0 Å². The van der Waals surface area contributed by atoms with Crippen LogP contribution in [0.15, 0.2) is 0 Å². The molecular weight excluding hydrogens is 254 g/mol. The minimum absolute atomic E-state index is 0.341. The van der Waals surface area contributed by atoms with Gasteiger partial charge in [0.1, 0.15) is 0 Å². The van der Waals surface area contributed by atoms with Crippen LogP contribution in [-0.4, -0.2) is 17.3 Å². The first-order valence-electron chi connectivity index (χ1n) is 8.23. The monoisotopic (exact) mass is 284 g/mol. The second-order valence-corrected chi connectivity index (χ2v) is 5.60. The molecule has 0 saturated carbocycles. The predicted octanol–water partition coefficient (Wildman–Crippen LogP) is 4.83. The summed E-state index contributed by atoms with van der Waals surface area (Å²) in [5.74, 6) is 0. The molecule has 0 aliphatic rings. The summed E-state index contributed by atoms with van der Waals surface area (Å²) in [6.45, 7) is 2.24. The van der Waals surface area contributed by atoms with E-state index in [9.17, 15) is 14.9 Å². The number of hydrogen-bond donors (Lipinski definition) is 0. The lowest BCUT2D eigenvalue weighted by Gasteiger charge is -2.03. The van der Waals surface area contributed by atoms with E-state index in [1.165, 1.54) is 64.1 Å². The first-order valence-corrected chi connectivity index (χ1v) is 8.23. The summed E-state index contributed by atoms with van der Waals surface area (Å²) in [7, 11) is 0. The van der Waals surface area contributed by atoms with Crippen LogP contribution in [0.25, 0.3) is 0 Å². The molecule has 0 aromatic carbocycles. The van der Waals surface area contributed by atoms with E-state index < -0.39 is 11.0 Å². The smallest absolute Gasteiger partial charge is 0.278 e. The Kier molecular flexibility index (Phi) is 13.8. The van der Waals surface area contributed by atoms with Crippen molar-refractivity contribution in [2.45, 2.75) is 96.4 Å². The first-order chi connectivity index (χ1) is 9.72. The van der Waals surface area contributed by atoms with Crippen LogP contribution in [0.3, 0.4) is 0 Å². The second-order valence-electron chi connectivity index (χ2n) is 5.60. The summed E-state index contributed by atoms with van der Waals surface area (Å²) in [4.78, 5) is 20.2. The van der Waals surface area contributed by atoms with E-state index in [0.29, 0.717) is 6.42 Å². The number of rotatable bonds is 15. The summed E-state index contributed by atoms with van der Waals surface area (Å²) >= 11 is 0. The molecule has 0 aromatic heterocycles. The van der Waals surface area contributed by atoms with Crippen molar-refractivity contribution in [1.29, 1.82) is 0 Å². The van der Waals surface area contributed by atoms with E-state index in [1.54, 1.807) is 0 Å². The van der Waals surface area contributed by atoms with Gasteiger partial charge in [0.25, 0.3) is 12.3 Å². The molecule has 1 atom stereocenters. The van der Waals surface area contributed by atoms with Crippen LogP contribution in [0.4, 0.5) is 0 Å². The normalized spacial score (nSPS) is 12.2. The molecule has 117 valence electrons. The fourth-order valence-corrected chi connectivity index (χ4v) is 2.39. The largest absolute Gasteiger partial charge is 0.283 e. The maximum atomic E-state index is 10.4. The molecule has 1 radical (unpaired) electrons. The molecule has 0 heterocycles. The van der Waals surface area contributed by atoms with Gasteiger partial charge in [0.15, 0.2) is 0 Å². The zero-order valence-corrected chi connectivity index (χ0v) is 12.9. The molecule has 0 fully saturated rings. The summed E-state index contributed by atoms with van der Waals surface area (Å²) in [5, 5.41) is 10.4. The number of nitro groups is 1. The lowest BCUT2D eigenvalue weighted by atomic mass is 10.0. The highest BCUT2D eigenvalue weighted by molar-refractivity contribution is 5.56. The molecular formula is C16H30NO3. The van der Waals surface area contributed by atoms with E-state index in [0.717, 1.165) is 19.3 Å². The van der Waals surface area contributed by atoms with Gasteiger partial charge in [-0.3, -0.25) is 14.9 Å². The van der Waals surface area contributed by atoms with Crippen LogP contribution in [-0.2, 0) is 4.79 Å². The van der Waals surface area contributed by atoms with E-state index in [1.807, 2.05) is 0 Å². The van der Waals surface area contributed by atoms with Crippen LogP contribution >= 0.6 is 0 Å². The van der Waals surface area contributed by atoms with Gasteiger partial charge >= 0.3 is 0 Å². The lowest BCUT2D eigenvalue weighted by Crippen LogP contribution is -2.20. The molecule has 0 aliphatic carbocycles. The molecule has 0 spiro atoms. The molecule has 0 aromatic rings. The van der Waals surface area contributed by atoms with E-state index in [4.69, 9.17) is 0 Å². The molecule has 0 amide bonds. The van der Waals surface area contributed by atoms with Gasteiger partial charge in [0.05, 0.1) is 0 Å². The standard InChI is InChI=1S/C16H30NO3/c1-2-3-4-5-6-7-8-9-10-11-12-13-14-16(15-18)17(19)20/h16H,2-14H2,1H3. The van der Waals surface area contributed by atoms with Crippen molar-refractivity contribution in [1.82, 2.24) is 0 Å². The Bertz CT molecular complexity index is 244. The van der Waals surface area contributed by atoms with Crippen molar-refractivity contribution >= 4 is 6.29 Å². The number of carbonyl (C=O) groups excluding carboxylic acids is 1. The summed E-state index contributed by atoms with van der Waals surface area (Å²) in [5.41, 5.74) is 0. The molecule has 0 N–H and O–H groups in total. The number of nitrogens with zero attached hydrogens (tertiary/aromatic N) is 1. The number of unbranched alkanes of at least 4 members (excludes halogenated alkanes) is 11. The third kappa shape index (κ3) is 12.1. The second kappa shape index (κ2) is 14.5. The highest BCUT2D eigenvalue weighted by Gasteiger charge is 2.18. The van der Waals surface area contributed by atoms with Crippen molar-refractivity contribution in [3.8, 4) is 0 Å². The van der Waals surface area contributed by atoms with Crippen molar-refractivity contribution in [2.24, 2.45) is 0 Å². The fourth-order valence-electron chi connectivity index (χ4n) is 2.39. The average molecular weight is 284 g/mol. The molecule has 4 heteroatoms. The third-order valence-corrected chi connectivity index (χ3v) is 3.72. The molecule has 0 saturated heterocycles. The van der Waals surface area contributed by atoms with Crippen LogP contribution in [0, 0.1) is 10.1 Å². The minimum Gasteiger partial charge on any atom is -0.283 e. The molecule has 20 heavy (non-hydrogen) atoms. The minimum atomic E-state index is -1.11. The Morgan fingerprint density at radius 3 is 1.60 bits per heavy atom. The van der Waals surface area contributed by atoms with Gasteiger partial charge in [-0.2, -0.15) is 0 Å². The highest BCUT2D eigenvalue weighted by atomic mass is 16.6. The van der Waals surface area contributed by atoms with Gasteiger partial charge in [-0.05, 0) is 6.42 Å². The van der Waals surface area contributed by atoms with E-state index in [2.05, 4.69) is 6.92 Å². The van der Waals surface area contributed by atoms with Gasteiger partial charge in [-0.25, -0.2) is 0 Å². The van der Waals surface area contributed by atoms with Crippen molar-refractivity contribution in [3.05, 3.63) is 10.1 Å². The van der Waals surface area contributed by atoms with Crippen LogP contribution < -0.4 is 0 Å². The maximum Gasteiger partial charge on any atom is 0.278 e. The van der Waals surface area contributed by atoms with Gasteiger partial charge < -0.3 is 0 Å². The summed E-state index contributed by atoms with van der Waals surface area (Å²) in [6, 6.07) is -1.11. The van der Waals surface area contributed by atoms with Crippen molar-refractivity contribution in [3.63, 3.8) is 0 Å². The Labute approximate surface area is 123 Å². The van der Waals surface area contributed by atoms with Gasteiger partial charge in [-0.1, -0.05) is 77.6 Å². The Balaban J connectivity index is 3.17. The van der Waals surface area contributed by atoms with E-state index in [-0.39, 0.29) is 0 Å². The first kappa shape index (κ1) is 19.1. The van der Waals surface area contributed by atoms with E-state index >= 15 is 0 Å². The molecule has 4 nitrogen and oxygen atoms in total. The highest BCUT2D eigenvalue weighted by Crippen LogP contribution is 2.13. The average Bonchev–Trinajstić information content (AvgIpc) is 2.43. The molecule has 0 bridgehead atoms. The summed E-state index contributed by atoms with van der Waals surface area (Å²) in [6.07, 6.45) is 16.6. The zero-order chi connectivity index (χ0) is 15.1. The predicted molar refractivity (Wildman–Crippen MR) is 82.2 cm³/mol. The maximum absolute atomic E-state index is 10.4. The quantitative estimate of drug-likeness (QED) is 0.246. The number of hydrogen-bond acceptors (Lipinski definition) is 3. The topological polar surface area (TPSA) is 60.2 Å². The van der Waals surface area contributed by atoms with Gasteiger partial charge in [0.2, 0.25) is 0 Å².